The maximum Gasteiger partial charge on any atom is 0.338 e. The van der Waals surface area contributed by atoms with E-state index in [-0.39, 0.29) is 22.3 Å². The Bertz CT molecular complexity index is 1120. The van der Waals surface area contributed by atoms with Gasteiger partial charge in [0.2, 0.25) is 0 Å². The Hall–Kier alpha value is -3.07. The van der Waals surface area contributed by atoms with Crippen molar-refractivity contribution in [2.75, 3.05) is 24.6 Å². The number of carbonyl (C=O) groups excluding carboxylic acids is 2. The summed E-state index contributed by atoms with van der Waals surface area (Å²) in [6.45, 7) is 3.77. The van der Waals surface area contributed by atoms with Crippen molar-refractivity contribution >= 4 is 27.6 Å². The number of para-hydroxylation sites is 1. The Morgan fingerprint density at radius 1 is 1.18 bits per heavy atom. The predicted molar refractivity (Wildman–Crippen MR) is 125 cm³/mol. The number of hydrogen-bond donors (Lipinski definition) is 1. The van der Waals surface area contributed by atoms with E-state index in [0.717, 1.165) is 24.8 Å². The summed E-state index contributed by atoms with van der Waals surface area (Å²) >= 11 is 0. The second-order valence-electron chi connectivity index (χ2n) is 8.01. The number of anilines is 1. The third-order valence-corrected chi connectivity index (χ3v) is 7.33. The predicted octanol–water partition coefficient (Wildman–Crippen LogP) is 3.30. The first-order valence-electron chi connectivity index (χ1n) is 11.0. The molecule has 0 aromatic heterocycles. The first-order chi connectivity index (χ1) is 15.8. The summed E-state index contributed by atoms with van der Waals surface area (Å²) in [5.41, 5.74) is 1.59. The number of rotatable bonds is 9. The monoisotopic (exact) mass is 474 g/mol. The molecule has 0 saturated heterocycles. The van der Waals surface area contributed by atoms with E-state index in [0.29, 0.717) is 18.7 Å². The molecule has 3 rings (SSSR count). The number of ether oxygens (including phenoxy) is 2. The fourth-order valence-corrected chi connectivity index (χ4v) is 5.63. The number of aryl methyl sites for hydroxylation is 1. The Morgan fingerprint density at radius 2 is 1.94 bits per heavy atom. The summed E-state index contributed by atoms with van der Waals surface area (Å²) < 4.78 is 38.9. The van der Waals surface area contributed by atoms with Crippen LogP contribution in [0.1, 0.15) is 49.0 Å². The normalized spacial score (nSPS) is 14.2. The van der Waals surface area contributed by atoms with Gasteiger partial charge in [0.1, 0.15) is 10.6 Å². The highest BCUT2D eigenvalue weighted by Gasteiger charge is 2.32. The lowest BCUT2D eigenvalue weighted by molar-refractivity contribution is -0.124. The van der Waals surface area contributed by atoms with Gasteiger partial charge in [-0.2, -0.15) is 0 Å². The number of hydrogen-bond acceptors (Lipinski definition) is 6. The molecule has 1 atom stereocenters. The number of fused-ring (bicyclic) bond motifs is 1. The highest BCUT2D eigenvalue weighted by Crippen LogP contribution is 2.35. The first-order valence-corrected chi connectivity index (χ1v) is 12.5. The summed E-state index contributed by atoms with van der Waals surface area (Å²) in [5, 5.41) is 2.76. The average Bonchev–Trinajstić information content (AvgIpc) is 2.81. The zero-order chi connectivity index (χ0) is 24.0. The van der Waals surface area contributed by atoms with Crippen molar-refractivity contribution in [2.24, 2.45) is 0 Å². The maximum atomic E-state index is 13.6. The highest BCUT2D eigenvalue weighted by molar-refractivity contribution is 7.93. The molecule has 0 radical (unpaired) electrons. The van der Waals surface area contributed by atoms with Crippen LogP contribution in [0.15, 0.2) is 47.4 Å². The van der Waals surface area contributed by atoms with Crippen molar-refractivity contribution in [1.82, 2.24) is 5.32 Å². The molecule has 0 bridgehead atoms. The van der Waals surface area contributed by atoms with Gasteiger partial charge in [0.05, 0.1) is 18.4 Å². The lowest BCUT2D eigenvalue weighted by atomic mass is 10.0. The van der Waals surface area contributed by atoms with Gasteiger partial charge in [-0.1, -0.05) is 31.5 Å². The molecule has 1 aliphatic heterocycles. The van der Waals surface area contributed by atoms with Crippen molar-refractivity contribution < 1.29 is 27.5 Å². The summed E-state index contributed by atoms with van der Waals surface area (Å²) in [4.78, 5) is 24.4. The second-order valence-corrected chi connectivity index (χ2v) is 9.84. The number of carbonyl (C=O) groups is 2. The summed E-state index contributed by atoms with van der Waals surface area (Å²) in [7, 11) is -2.63. The summed E-state index contributed by atoms with van der Waals surface area (Å²) in [6.07, 6.45) is 3.22. The van der Waals surface area contributed by atoms with E-state index in [1.165, 1.54) is 29.6 Å². The topological polar surface area (TPSA) is 102 Å². The van der Waals surface area contributed by atoms with Gasteiger partial charge in [0.25, 0.3) is 15.9 Å². The molecular formula is C24H30N2O6S. The molecule has 9 heteroatoms. The molecule has 1 aliphatic rings. The minimum absolute atomic E-state index is 0.0219. The van der Waals surface area contributed by atoms with Gasteiger partial charge in [-0.05, 0) is 56.0 Å². The van der Waals surface area contributed by atoms with Gasteiger partial charge in [0.15, 0.2) is 6.61 Å². The van der Waals surface area contributed by atoms with Gasteiger partial charge < -0.3 is 14.8 Å². The van der Waals surface area contributed by atoms with E-state index < -0.39 is 28.5 Å². The van der Waals surface area contributed by atoms with E-state index >= 15 is 0 Å². The lowest BCUT2D eigenvalue weighted by Gasteiger charge is -2.30. The Kier molecular flexibility index (Phi) is 7.97. The van der Waals surface area contributed by atoms with Crippen LogP contribution < -0.4 is 14.4 Å². The zero-order valence-electron chi connectivity index (χ0n) is 19.2. The third kappa shape index (κ3) is 5.65. The number of benzene rings is 2. The molecule has 0 aliphatic carbocycles. The molecule has 33 heavy (non-hydrogen) atoms. The van der Waals surface area contributed by atoms with Crippen molar-refractivity contribution in [3.8, 4) is 5.75 Å². The Balaban J connectivity index is 1.83. The van der Waals surface area contributed by atoms with Crippen LogP contribution in [0.25, 0.3) is 0 Å². The number of sulfonamides is 1. The molecule has 1 heterocycles. The maximum absolute atomic E-state index is 13.6. The van der Waals surface area contributed by atoms with Crippen LogP contribution in [0.5, 0.6) is 5.75 Å². The van der Waals surface area contributed by atoms with Crippen molar-refractivity contribution in [3.63, 3.8) is 0 Å². The fourth-order valence-electron chi connectivity index (χ4n) is 3.91. The van der Waals surface area contributed by atoms with E-state index in [2.05, 4.69) is 5.32 Å². The largest absolute Gasteiger partial charge is 0.495 e. The van der Waals surface area contributed by atoms with Crippen LogP contribution in [0.3, 0.4) is 0 Å². The van der Waals surface area contributed by atoms with E-state index in [4.69, 9.17) is 9.47 Å². The number of amides is 1. The molecule has 0 unspecified atom stereocenters. The van der Waals surface area contributed by atoms with Gasteiger partial charge in [-0.3, -0.25) is 9.10 Å². The number of esters is 1. The van der Waals surface area contributed by atoms with Crippen LogP contribution in [-0.2, 0) is 26.0 Å². The van der Waals surface area contributed by atoms with Crippen LogP contribution in [0, 0.1) is 0 Å². The molecule has 1 N–H and O–H groups in total. The minimum atomic E-state index is -4.01. The average molecular weight is 475 g/mol. The molecule has 0 fully saturated rings. The molecular weight excluding hydrogens is 444 g/mol. The van der Waals surface area contributed by atoms with Gasteiger partial charge in [0, 0.05) is 12.6 Å². The summed E-state index contributed by atoms with van der Waals surface area (Å²) in [6, 6.07) is 11.4. The van der Waals surface area contributed by atoms with Crippen molar-refractivity contribution in [1.29, 1.82) is 0 Å². The molecule has 2 aromatic rings. The Morgan fingerprint density at radius 3 is 2.67 bits per heavy atom. The SMILES string of the molecule is CCC[C@@H](C)NC(=O)COC(=O)c1ccc(OC)c(S(=O)(=O)N2CCCc3ccccc32)c1. The molecule has 1 amide bonds. The highest BCUT2D eigenvalue weighted by atomic mass is 32.2. The third-order valence-electron chi connectivity index (χ3n) is 5.50. The molecule has 8 nitrogen and oxygen atoms in total. The first kappa shape index (κ1) is 24.6. The molecule has 2 aromatic carbocycles. The minimum Gasteiger partial charge on any atom is -0.495 e. The molecule has 178 valence electrons. The standard InChI is InChI=1S/C24H30N2O6S/c1-4-8-17(2)25-23(27)16-32-24(28)19-12-13-21(31-3)22(15-19)33(29,30)26-14-7-10-18-9-5-6-11-20(18)26/h5-6,9,11-13,15,17H,4,7-8,10,14,16H2,1-3H3,(H,25,27)/t17-/m1/s1. The van der Waals surface area contributed by atoms with E-state index in [1.807, 2.05) is 26.0 Å². The van der Waals surface area contributed by atoms with Crippen LogP contribution in [0.4, 0.5) is 5.69 Å². The number of nitrogens with one attached hydrogen (secondary N) is 1. The van der Waals surface area contributed by atoms with Gasteiger partial charge >= 0.3 is 5.97 Å². The lowest BCUT2D eigenvalue weighted by Crippen LogP contribution is -2.36. The van der Waals surface area contributed by atoms with Gasteiger partial charge in [-0.25, -0.2) is 13.2 Å². The summed E-state index contributed by atoms with van der Waals surface area (Å²) in [5.74, 6) is -1.07. The fraction of sp³-hybridized carbons (Fsp3) is 0.417. The van der Waals surface area contributed by atoms with Gasteiger partial charge in [-0.15, -0.1) is 0 Å². The number of nitrogens with zero attached hydrogens (tertiary/aromatic N) is 1. The number of methoxy groups -OCH3 is 1. The second kappa shape index (κ2) is 10.7. The molecule has 0 spiro atoms. The molecule has 0 saturated carbocycles. The van der Waals surface area contributed by atoms with E-state index in [9.17, 15) is 18.0 Å². The zero-order valence-corrected chi connectivity index (χ0v) is 20.0. The quantitative estimate of drug-likeness (QED) is 0.560. The smallest absolute Gasteiger partial charge is 0.338 e. The van der Waals surface area contributed by atoms with Crippen molar-refractivity contribution in [3.05, 3.63) is 53.6 Å². The Labute approximate surface area is 194 Å². The van der Waals surface area contributed by atoms with Crippen molar-refractivity contribution in [2.45, 2.75) is 50.5 Å². The van der Waals surface area contributed by atoms with Crippen LogP contribution >= 0.6 is 0 Å². The van der Waals surface area contributed by atoms with E-state index in [1.54, 1.807) is 12.1 Å². The van der Waals surface area contributed by atoms with Crippen LogP contribution in [-0.4, -0.2) is 46.6 Å². The van der Waals surface area contributed by atoms with Crippen LogP contribution in [0.2, 0.25) is 0 Å².